The molecule has 1 saturated carbocycles. The molecular formula is C25H26N6O4. The molecule has 10 heteroatoms. The first kappa shape index (κ1) is 22.6. The number of carbonyl (C=O) groups excluding carboxylic acids is 1. The summed E-state index contributed by atoms with van der Waals surface area (Å²) in [7, 11) is 4.98. The largest absolute Gasteiger partial charge is 0.497 e. The van der Waals surface area contributed by atoms with Gasteiger partial charge in [-0.05, 0) is 44.0 Å². The number of carbonyl (C=O) groups is 1. The Bertz CT molecular complexity index is 1350. The Kier molecular flexibility index (Phi) is 5.94. The molecule has 180 valence electrons. The van der Waals surface area contributed by atoms with Crippen molar-refractivity contribution in [2.45, 2.75) is 31.7 Å². The molecule has 5 rings (SSSR count). The lowest BCUT2D eigenvalue weighted by Crippen LogP contribution is -2.30. The standard InChI is InChI=1S/C25H26N6O4/c1-15(20-10-12-35-29-20)30(2)24(32)19-14-27-31(23(19)16-5-6-16)25-26-11-9-21(28-25)18-13-17(33-3)7-8-22(18)34-4/h7-16H,5-6H2,1-4H3/t15-/m0/s1. The quantitative estimate of drug-likeness (QED) is 0.376. The van der Waals surface area contributed by atoms with Crippen LogP contribution in [-0.2, 0) is 0 Å². The van der Waals surface area contributed by atoms with Crippen molar-refractivity contribution in [2.75, 3.05) is 21.3 Å². The molecule has 0 bridgehead atoms. The number of hydrogen-bond acceptors (Lipinski definition) is 8. The number of nitrogens with zero attached hydrogens (tertiary/aromatic N) is 6. The molecule has 35 heavy (non-hydrogen) atoms. The lowest BCUT2D eigenvalue weighted by atomic mass is 10.1. The predicted octanol–water partition coefficient (Wildman–Crippen LogP) is 4.05. The van der Waals surface area contributed by atoms with Gasteiger partial charge in [0.05, 0.1) is 43.4 Å². The fourth-order valence-corrected chi connectivity index (χ4v) is 4.05. The summed E-state index contributed by atoms with van der Waals surface area (Å²) in [6, 6.07) is 8.84. The van der Waals surface area contributed by atoms with E-state index in [4.69, 9.17) is 19.0 Å². The lowest BCUT2D eigenvalue weighted by molar-refractivity contribution is 0.0736. The Morgan fingerprint density at radius 1 is 1.20 bits per heavy atom. The van der Waals surface area contributed by atoms with Gasteiger partial charge in [0.2, 0.25) is 0 Å². The van der Waals surface area contributed by atoms with Gasteiger partial charge in [-0.25, -0.2) is 14.6 Å². The molecular weight excluding hydrogens is 448 g/mol. The first-order valence-corrected chi connectivity index (χ1v) is 11.3. The molecule has 0 unspecified atom stereocenters. The highest BCUT2D eigenvalue weighted by Crippen LogP contribution is 2.43. The van der Waals surface area contributed by atoms with E-state index in [-0.39, 0.29) is 17.9 Å². The van der Waals surface area contributed by atoms with Gasteiger partial charge in [0, 0.05) is 30.8 Å². The maximum atomic E-state index is 13.5. The molecule has 0 N–H and O–H groups in total. The molecule has 0 saturated heterocycles. The van der Waals surface area contributed by atoms with Crippen LogP contribution >= 0.6 is 0 Å². The first-order valence-electron chi connectivity index (χ1n) is 11.3. The van der Waals surface area contributed by atoms with Gasteiger partial charge in [-0.3, -0.25) is 4.79 Å². The number of benzene rings is 1. The highest BCUT2D eigenvalue weighted by Gasteiger charge is 2.35. The number of rotatable bonds is 8. The third-order valence-electron chi connectivity index (χ3n) is 6.30. The van der Waals surface area contributed by atoms with E-state index in [1.165, 1.54) is 6.26 Å². The SMILES string of the molecule is COc1ccc(OC)c(-c2ccnc(-n3ncc(C(=O)N(C)[C@@H](C)c4ccon4)c3C3CC3)n2)c1. The van der Waals surface area contributed by atoms with Crippen molar-refractivity contribution >= 4 is 5.91 Å². The van der Waals surface area contributed by atoms with E-state index in [9.17, 15) is 4.79 Å². The van der Waals surface area contributed by atoms with Gasteiger partial charge in [0.1, 0.15) is 23.5 Å². The zero-order valence-electron chi connectivity index (χ0n) is 20.0. The topological polar surface area (TPSA) is 108 Å². The van der Waals surface area contributed by atoms with Crippen LogP contribution in [0.4, 0.5) is 0 Å². The van der Waals surface area contributed by atoms with Gasteiger partial charge in [-0.1, -0.05) is 5.16 Å². The fraction of sp³-hybridized carbons (Fsp3) is 0.320. The van der Waals surface area contributed by atoms with Gasteiger partial charge in [-0.2, -0.15) is 5.10 Å². The normalized spacial score (nSPS) is 13.9. The van der Waals surface area contributed by atoms with Crippen molar-refractivity contribution < 1.29 is 18.8 Å². The molecule has 4 aromatic rings. The van der Waals surface area contributed by atoms with E-state index < -0.39 is 0 Å². The van der Waals surface area contributed by atoms with Crippen LogP contribution in [0.3, 0.4) is 0 Å². The van der Waals surface area contributed by atoms with Crippen molar-refractivity contribution in [3.63, 3.8) is 0 Å². The summed E-state index contributed by atoms with van der Waals surface area (Å²) in [5.74, 6) is 1.83. The first-order chi connectivity index (χ1) is 17.0. The van der Waals surface area contributed by atoms with Crippen molar-refractivity contribution in [3.05, 3.63) is 65.9 Å². The van der Waals surface area contributed by atoms with Crippen molar-refractivity contribution in [3.8, 4) is 28.7 Å². The van der Waals surface area contributed by atoms with E-state index in [1.807, 2.05) is 25.1 Å². The Morgan fingerprint density at radius 2 is 2.03 bits per heavy atom. The van der Waals surface area contributed by atoms with Crippen LogP contribution in [0, 0.1) is 0 Å². The highest BCUT2D eigenvalue weighted by atomic mass is 16.5. The van der Waals surface area contributed by atoms with Crippen LogP contribution in [-0.4, -0.2) is 57.0 Å². The van der Waals surface area contributed by atoms with Crippen LogP contribution in [0.25, 0.3) is 17.2 Å². The van der Waals surface area contributed by atoms with Crippen molar-refractivity contribution in [1.29, 1.82) is 0 Å². The van der Waals surface area contributed by atoms with Gasteiger partial charge in [0.15, 0.2) is 0 Å². The Balaban J connectivity index is 1.52. The maximum Gasteiger partial charge on any atom is 0.257 e. The number of ether oxygens (including phenoxy) is 2. The van der Waals surface area contributed by atoms with E-state index in [2.05, 4.69) is 15.2 Å². The maximum absolute atomic E-state index is 13.5. The molecule has 0 radical (unpaired) electrons. The van der Waals surface area contributed by atoms with Gasteiger partial charge < -0.3 is 18.9 Å². The molecule has 1 aromatic carbocycles. The summed E-state index contributed by atoms with van der Waals surface area (Å²) in [5.41, 5.74) is 3.48. The minimum Gasteiger partial charge on any atom is -0.497 e. The Labute approximate surface area is 202 Å². The predicted molar refractivity (Wildman–Crippen MR) is 127 cm³/mol. The molecule has 1 aliphatic carbocycles. The second-order valence-electron chi connectivity index (χ2n) is 8.45. The molecule has 1 atom stereocenters. The number of hydrogen-bond donors (Lipinski definition) is 0. The summed E-state index contributed by atoms with van der Waals surface area (Å²) in [6.45, 7) is 1.91. The summed E-state index contributed by atoms with van der Waals surface area (Å²) >= 11 is 0. The lowest BCUT2D eigenvalue weighted by Gasteiger charge is -2.23. The Morgan fingerprint density at radius 3 is 2.71 bits per heavy atom. The van der Waals surface area contributed by atoms with E-state index in [0.717, 1.165) is 24.1 Å². The molecule has 0 aliphatic heterocycles. The summed E-state index contributed by atoms with van der Waals surface area (Å²) in [5, 5.41) is 8.51. The van der Waals surface area contributed by atoms with Crippen LogP contribution in [0.15, 0.2) is 53.5 Å². The summed E-state index contributed by atoms with van der Waals surface area (Å²) in [4.78, 5) is 24.3. The van der Waals surface area contributed by atoms with Gasteiger partial charge in [-0.15, -0.1) is 0 Å². The molecule has 10 nitrogen and oxygen atoms in total. The number of aromatic nitrogens is 5. The highest BCUT2D eigenvalue weighted by molar-refractivity contribution is 5.95. The van der Waals surface area contributed by atoms with Crippen LogP contribution < -0.4 is 9.47 Å². The average Bonchev–Trinajstić information content (AvgIpc) is 3.40. The van der Waals surface area contributed by atoms with E-state index in [1.54, 1.807) is 55.4 Å². The smallest absolute Gasteiger partial charge is 0.257 e. The fourth-order valence-electron chi connectivity index (χ4n) is 4.05. The Hall–Kier alpha value is -4.21. The van der Waals surface area contributed by atoms with Crippen LogP contribution in [0.5, 0.6) is 11.5 Å². The minimum absolute atomic E-state index is 0.140. The van der Waals surface area contributed by atoms with Gasteiger partial charge >= 0.3 is 0 Å². The average molecular weight is 475 g/mol. The summed E-state index contributed by atoms with van der Waals surface area (Å²) in [6.07, 6.45) is 6.74. The monoisotopic (exact) mass is 474 g/mol. The molecule has 3 aromatic heterocycles. The van der Waals surface area contributed by atoms with E-state index >= 15 is 0 Å². The third kappa shape index (κ3) is 4.23. The zero-order chi connectivity index (χ0) is 24.5. The third-order valence-corrected chi connectivity index (χ3v) is 6.30. The second kappa shape index (κ2) is 9.21. The van der Waals surface area contributed by atoms with Gasteiger partial charge in [0.25, 0.3) is 11.9 Å². The second-order valence-corrected chi connectivity index (χ2v) is 8.45. The molecule has 0 spiro atoms. The van der Waals surface area contributed by atoms with Crippen LogP contribution in [0.2, 0.25) is 0 Å². The number of amides is 1. The molecule has 3 heterocycles. The number of methoxy groups -OCH3 is 2. The zero-order valence-corrected chi connectivity index (χ0v) is 20.0. The van der Waals surface area contributed by atoms with E-state index in [0.29, 0.717) is 34.4 Å². The van der Waals surface area contributed by atoms with Crippen molar-refractivity contribution in [1.82, 2.24) is 29.8 Å². The molecule has 1 amide bonds. The van der Waals surface area contributed by atoms with Crippen molar-refractivity contribution in [2.24, 2.45) is 0 Å². The van der Waals surface area contributed by atoms with Crippen LogP contribution in [0.1, 0.15) is 53.5 Å². The summed E-state index contributed by atoms with van der Waals surface area (Å²) < 4.78 is 17.5. The molecule has 1 fully saturated rings. The molecule has 1 aliphatic rings. The minimum atomic E-state index is -0.253.